The first-order valence-corrected chi connectivity index (χ1v) is 6.46. The molecule has 1 aromatic rings. The summed E-state index contributed by atoms with van der Waals surface area (Å²) in [6.07, 6.45) is 3.15. The maximum atomic E-state index is 11.2. The molecule has 8 nitrogen and oxygen atoms in total. The lowest BCUT2D eigenvalue weighted by molar-refractivity contribution is -0.134. The van der Waals surface area contributed by atoms with Gasteiger partial charge in [-0.2, -0.15) is 0 Å². The summed E-state index contributed by atoms with van der Waals surface area (Å²) >= 11 is 0. The van der Waals surface area contributed by atoms with Crippen LogP contribution in [0.25, 0.3) is 0 Å². The van der Waals surface area contributed by atoms with Crippen molar-refractivity contribution in [3.05, 3.63) is 23.2 Å². The topological polar surface area (TPSA) is 107 Å². The Morgan fingerprint density at radius 1 is 1.55 bits per heavy atom. The number of pyridine rings is 1. The van der Waals surface area contributed by atoms with Crippen molar-refractivity contribution in [2.45, 2.75) is 18.9 Å². The van der Waals surface area contributed by atoms with Gasteiger partial charge in [-0.1, -0.05) is 0 Å². The van der Waals surface area contributed by atoms with Crippen LogP contribution in [-0.4, -0.2) is 41.7 Å². The van der Waals surface area contributed by atoms with E-state index < -0.39 is 5.97 Å². The number of hydrogen-bond donors (Lipinski definition) is 3. The molecule has 3 N–H and O–H groups in total. The predicted molar refractivity (Wildman–Crippen MR) is 74.5 cm³/mol. The second kappa shape index (κ2) is 6.80. The average molecular weight is 279 g/mol. The maximum Gasteiger partial charge on any atom is 0.322 e. The van der Waals surface area contributed by atoms with E-state index in [9.17, 15) is 9.70 Å². The number of aromatic nitrogens is 1. The second-order valence-corrected chi connectivity index (χ2v) is 4.53. The smallest absolute Gasteiger partial charge is 0.322 e. The van der Waals surface area contributed by atoms with Crippen LogP contribution in [0.4, 0.5) is 11.5 Å². The Hall–Kier alpha value is -2.22. The molecule has 1 fully saturated rings. The van der Waals surface area contributed by atoms with Crippen molar-refractivity contribution in [1.29, 1.82) is 0 Å². The molecule has 0 atom stereocenters. The Labute approximate surface area is 116 Å². The van der Waals surface area contributed by atoms with Crippen molar-refractivity contribution in [3.63, 3.8) is 0 Å². The third-order valence-electron chi connectivity index (χ3n) is 3.18. The summed E-state index contributed by atoms with van der Waals surface area (Å²) < 4.78 is 0. The van der Waals surface area contributed by atoms with Gasteiger partial charge in [-0.05, 0) is 38.1 Å². The van der Waals surface area contributed by atoms with Gasteiger partial charge in [0.2, 0.25) is 0 Å². The molecule has 1 saturated heterocycles. The molecule has 0 saturated carbocycles. The number of nitrogens with one attached hydrogen (secondary N) is 2. The Morgan fingerprint density at radius 3 is 2.95 bits per heavy atom. The van der Waals surface area contributed by atoms with E-state index in [0.29, 0.717) is 11.5 Å². The molecular weight excluding hydrogens is 262 g/mol. The monoisotopic (exact) mass is 279 g/mol. The molecule has 0 amide bonds. The fourth-order valence-corrected chi connectivity index (χ4v) is 2.24. The fraction of sp³-hybridized carbons (Fsp3) is 0.500. The van der Waals surface area contributed by atoms with Crippen LogP contribution in [0.2, 0.25) is 0 Å². The van der Waals surface area contributed by atoms with E-state index in [1.165, 1.54) is 5.01 Å². The average Bonchev–Trinajstić information content (AvgIpc) is 2.48. The minimum atomic E-state index is -0.992. The van der Waals surface area contributed by atoms with Crippen LogP contribution in [0.5, 0.6) is 0 Å². The predicted octanol–water partition coefficient (Wildman–Crippen LogP) is 0.818. The summed E-state index contributed by atoms with van der Waals surface area (Å²) in [5.41, 5.74) is 0.510. The zero-order valence-corrected chi connectivity index (χ0v) is 11.0. The summed E-state index contributed by atoms with van der Waals surface area (Å²) in [7, 11) is 0. The molecule has 8 heteroatoms. The zero-order valence-electron chi connectivity index (χ0n) is 11.0. The summed E-state index contributed by atoms with van der Waals surface area (Å²) in [6, 6.07) is 3.41. The molecule has 1 aromatic heterocycles. The number of hydrogen-bond acceptors (Lipinski definition) is 6. The van der Waals surface area contributed by atoms with Crippen LogP contribution in [0, 0.1) is 4.91 Å². The van der Waals surface area contributed by atoms with Crippen molar-refractivity contribution in [3.8, 4) is 0 Å². The number of nitrogens with zero attached hydrogens (tertiary/aromatic N) is 3. The molecule has 1 aliphatic heterocycles. The molecule has 0 unspecified atom stereocenters. The van der Waals surface area contributed by atoms with Gasteiger partial charge in [0.15, 0.2) is 5.82 Å². The highest BCUT2D eigenvalue weighted by Crippen LogP contribution is 2.28. The van der Waals surface area contributed by atoms with Crippen molar-refractivity contribution in [2.75, 3.05) is 30.0 Å². The van der Waals surface area contributed by atoms with Crippen LogP contribution in [0.3, 0.4) is 0 Å². The maximum absolute atomic E-state index is 11.2. The van der Waals surface area contributed by atoms with E-state index in [2.05, 4.69) is 20.9 Å². The zero-order chi connectivity index (χ0) is 14.4. The largest absolute Gasteiger partial charge is 0.480 e. The third kappa shape index (κ3) is 3.41. The quantitative estimate of drug-likeness (QED) is 0.522. The highest BCUT2D eigenvalue weighted by Gasteiger charge is 2.24. The van der Waals surface area contributed by atoms with Crippen LogP contribution in [0.15, 0.2) is 23.6 Å². The van der Waals surface area contributed by atoms with Crippen LogP contribution in [-0.2, 0) is 4.79 Å². The van der Waals surface area contributed by atoms with E-state index in [4.69, 9.17) is 5.11 Å². The molecular formula is C12H17N5O3. The molecule has 0 aromatic carbocycles. The van der Waals surface area contributed by atoms with E-state index in [-0.39, 0.29) is 12.6 Å². The molecule has 0 aliphatic carbocycles. The SMILES string of the molecule is O=NN(c1cccnc1NCC(=O)O)C1CCNCC1. The Bertz CT molecular complexity index is 476. The van der Waals surface area contributed by atoms with Crippen LogP contribution in [0.1, 0.15) is 12.8 Å². The number of anilines is 2. The van der Waals surface area contributed by atoms with E-state index in [1.807, 2.05) is 0 Å². The van der Waals surface area contributed by atoms with Crippen molar-refractivity contribution in [1.82, 2.24) is 10.3 Å². The van der Waals surface area contributed by atoms with Gasteiger partial charge in [-0.25, -0.2) is 9.99 Å². The summed E-state index contributed by atoms with van der Waals surface area (Å²) in [5.74, 6) is -0.637. The fourth-order valence-electron chi connectivity index (χ4n) is 2.24. The highest BCUT2D eigenvalue weighted by atomic mass is 16.4. The molecule has 2 rings (SSSR count). The molecule has 0 bridgehead atoms. The number of carbonyl (C=O) groups is 1. The number of nitroso groups, excluding NO2 is 1. The van der Waals surface area contributed by atoms with Crippen LogP contribution < -0.4 is 15.6 Å². The van der Waals surface area contributed by atoms with Gasteiger partial charge in [0.1, 0.15) is 12.2 Å². The lowest BCUT2D eigenvalue weighted by Crippen LogP contribution is -2.40. The number of piperidine rings is 1. The lowest BCUT2D eigenvalue weighted by atomic mass is 10.1. The number of carboxylic acid groups (broad SMARTS) is 1. The van der Waals surface area contributed by atoms with E-state index in [0.717, 1.165) is 25.9 Å². The summed E-state index contributed by atoms with van der Waals surface area (Å²) in [4.78, 5) is 25.9. The number of rotatable bonds is 6. The van der Waals surface area contributed by atoms with Gasteiger partial charge in [0.05, 0.1) is 11.3 Å². The number of aliphatic carboxylic acids is 1. The van der Waals surface area contributed by atoms with E-state index >= 15 is 0 Å². The Balaban J connectivity index is 2.19. The normalized spacial score (nSPS) is 15.6. The molecule has 2 heterocycles. The van der Waals surface area contributed by atoms with Gasteiger partial charge in [-0.3, -0.25) is 4.79 Å². The van der Waals surface area contributed by atoms with Crippen molar-refractivity contribution in [2.24, 2.45) is 5.29 Å². The first kappa shape index (κ1) is 14.2. The molecule has 0 radical (unpaired) electrons. The third-order valence-corrected chi connectivity index (χ3v) is 3.18. The summed E-state index contributed by atoms with van der Waals surface area (Å²) in [6.45, 7) is 1.40. The summed E-state index contributed by atoms with van der Waals surface area (Å²) in [5, 5.41) is 19.1. The Morgan fingerprint density at radius 2 is 2.30 bits per heavy atom. The van der Waals surface area contributed by atoms with E-state index in [1.54, 1.807) is 18.3 Å². The van der Waals surface area contributed by atoms with Crippen molar-refractivity contribution < 1.29 is 9.90 Å². The molecule has 108 valence electrons. The van der Waals surface area contributed by atoms with Gasteiger partial charge in [0, 0.05) is 6.20 Å². The molecule has 20 heavy (non-hydrogen) atoms. The molecule has 0 spiro atoms. The minimum absolute atomic E-state index is 0.00308. The van der Waals surface area contributed by atoms with Crippen LogP contribution >= 0.6 is 0 Å². The van der Waals surface area contributed by atoms with Gasteiger partial charge < -0.3 is 15.7 Å². The number of carboxylic acids is 1. The van der Waals surface area contributed by atoms with Gasteiger partial charge in [-0.15, -0.1) is 4.91 Å². The standard InChI is InChI=1S/C12H17N5O3/c18-11(19)8-15-12-10(2-1-5-14-12)17(16-20)9-3-6-13-7-4-9/h1-2,5,9,13H,3-4,6-8H2,(H,14,15)(H,18,19). The minimum Gasteiger partial charge on any atom is -0.480 e. The van der Waals surface area contributed by atoms with Gasteiger partial charge >= 0.3 is 5.97 Å². The Kier molecular flexibility index (Phi) is 4.83. The first-order valence-electron chi connectivity index (χ1n) is 6.46. The lowest BCUT2D eigenvalue weighted by Gasteiger charge is -2.30. The second-order valence-electron chi connectivity index (χ2n) is 4.53. The highest BCUT2D eigenvalue weighted by molar-refractivity contribution is 5.75. The molecule has 1 aliphatic rings. The van der Waals surface area contributed by atoms with Crippen molar-refractivity contribution >= 4 is 17.5 Å². The first-order chi connectivity index (χ1) is 9.72. The van der Waals surface area contributed by atoms with Gasteiger partial charge in [0.25, 0.3) is 0 Å².